The van der Waals surface area contributed by atoms with Crippen LogP contribution < -0.4 is 15.4 Å². The molecule has 1 aromatic carbocycles. The molecule has 0 unspecified atom stereocenters. The lowest BCUT2D eigenvalue weighted by molar-refractivity contribution is 0.0698. The van der Waals surface area contributed by atoms with Crippen LogP contribution in [0.1, 0.15) is 24.6 Å². The third-order valence-electron chi connectivity index (χ3n) is 3.96. The van der Waals surface area contributed by atoms with Crippen molar-refractivity contribution in [2.75, 3.05) is 40.0 Å². The molecule has 0 saturated heterocycles. The van der Waals surface area contributed by atoms with E-state index in [1.807, 2.05) is 42.5 Å². The number of benzene rings is 1. The Morgan fingerprint density at radius 1 is 1.07 bits per heavy atom. The van der Waals surface area contributed by atoms with Gasteiger partial charge in [-0.3, -0.25) is 4.98 Å². The van der Waals surface area contributed by atoms with Crippen molar-refractivity contribution >= 4 is 29.9 Å². The summed E-state index contributed by atoms with van der Waals surface area (Å²) in [5.41, 5.74) is 1.99. The van der Waals surface area contributed by atoms with E-state index in [0.717, 1.165) is 42.5 Å². The third-order valence-corrected chi connectivity index (χ3v) is 3.96. The first-order chi connectivity index (χ1) is 14.3. The van der Waals surface area contributed by atoms with E-state index < -0.39 is 0 Å². The van der Waals surface area contributed by atoms with Crippen molar-refractivity contribution in [1.29, 1.82) is 0 Å². The molecule has 1 heterocycles. The van der Waals surface area contributed by atoms with Crippen LogP contribution in [-0.2, 0) is 22.6 Å². The number of ether oxygens (including phenoxy) is 3. The lowest BCUT2D eigenvalue weighted by atomic mass is 10.2. The van der Waals surface area contributed by atoms with Gasteiger partial charge >= 0.3 is 0 Å². The van der Waals surface area contributed by atoms with E-state index in [-0.39, 0.29) is 24.0 Å². The minimum absolute atomic E-state index is 0. The second-order valence-corrected chi connectivity index (χ2v) is 6.34. The second kappa shape index (κ2) is 16.8. The van der Waals surface area contributed by atoms with Crippen LogP contribution in [0.5, 0.6) is 5.75 Å². The zero-order valence-corrected chi connectivity index (χ0v) is 20.1. The number of pyridine rings is 1. The summed E-state index contributed by atoms with van der Waals surface area (Å²) < 4.78 is 16.3. The molecule has 0 saturated carbocycles. The number of nitrogens with zero attached hydrogens (tertiary/aromatic N) is 2. The molecule has 7 nitrogen and oxygen atoms in total. The molecule has 30 heavy (non-hydrogen) atoms. The van der Waals surface area contributed by atoms with Crippen LogP contribution in [-0.4, -0.2) is 51.0 Å². The van der Waals surface area contributed by atoms with E-state index in [9.17, 15) is 0 Å². The fourth-order valence-corrected chi connectivity index (χ4v) is 2.51. The Morgan fingerprint density at radius 2 is 1.97 bits per heavy atom. The van der Waals surface area contributed by atoms with Crippen LogP contribution in [0.3, 0.4) is 0 Å². The Hall–Kier alpha value is -1.91. The summed E-state index contributed by atoms with van der Waals surface area (Å²) in [7, 11) is 1.67. The van der Waals surface area contributed by atoms with Crippen LogP contribution in [0, 0.1) is 0 Å². The second-order valence-electron chi connectivity index (χ2n) is 6.34. The van der Waals surface area contributed by atoms with Crippen LogP contribution >= 0.6 is 24.0 Å². The molecule has 0 radical (unpaired) electrons. The molecule has 0 aliphatic rings. The Labute approximate surface area is 196 Å². The highest BCUT2D eigenvalue weighted by Crippen LogP contribution is 2.15. The highest BCUT2D eigenvalue weighted by atomic mass is 127. The molecule has 0 aliphatic heterocycles. The van der Waals surface area contributed by atoms with Crippen molar-refractivity contribution in [3.8, 4) is 5.75 Å². The van der Waals surface area contributed by atoms with Crippen LogP contribution in [0.25, 0.3) is 0 Å². The van der Waals surface area contributed by atoms with Crippen molar-refractivity contribution in [2.24, 2.45) is 4.99 Å². The summed E-state index contributed by atoms with van der Waals surface area (Å²) >= 11 is 0. The lowest BCUT2D eigenvalue weighted by Gasteiger charge is -2.12. The van der Waals surface area contributed by atoms with Gasteiger partial charge in [-0.15, -0.1) is 24.0 Å². The SMILES string of the molecule is CCNC(=NCc1cccc(OCc2ccccn2)c1)NCCCOCCOC.I. The molecular formula is C22H33IN4O3. The third kappa shape index (κ3) is 11.3. The number of aromatic nitrogens is 1. The van der Waals surface area contributed by atoms with E-state index >= 15 is 0 Å². The zero-order chi connectivity index (χ0) is 20.6. The lowest BCUT2D eigenvalue weighted by Crippen LogP contribution is -2.38. The molecule has 166 valence electrons. The number of hydrogen-bond acceptors (Lipinski definition) is 5. The molecule has 2 rings (SSSR count). The highest BCUT2D eigenvalue weighted by Gasteiger charge is 2.01. The van der Waals surface area contributed by atoms with E-state index in [4.69, 9.17) is 14.2 Å². The zero-order valence-electron chi connectivity index (χ0n) is 17.8. The molecule has 0 bridgehead atoms. The van der Waals surface area contributed by atoms with Gasteiger partial charge in [0.25, 0.3) is 0 Å². The summed E-state index contributed by atoms with van der Waals surface area (Å²) in [5, 5.41) is 6.60. The van der Waals surface area contributed by atoms with Crippen LogP contribution in [0.2, 0.25) is 0 Å². The fourth-order valence-electron chi connectivity index (χ4n) is 2.51. The quantitative estimate of drug-likeness (QED) is 0.180. The van der Waals surface area contributed by atoms with E-state index in [1.54, 1.807) is 13.3 Å². The van der Waals surface area contributed by atoms with Gasteiger partial charge in [-0.2, -0.15) is 0 Å². The predicted molar refractivity (Wildman–Crippen MR) is 131 cm³/mol. The molecule has 1 aromatic heterocycles. The van der Waals surface area contributed by atoms with Gasteiger partial charge in [-0.1, -0.05) is 18.2 Å². The average Bonchev–Trinajstić information content (AvgIpc) is 2.76. The molecule has 0 fully saturated rings. The smallest absolute Gasteiger partial charge is 0.191 e. The van der Waals surface area contributed by atoms with Crippen molar-refractivity contribution in [3.05, 3.63) is 59.9 Å². The Kier molecular flexibility index (Phi) is 14.7. The highest BCUT2D eigenvalue weighted by molar-refractivity contribution is 14.0. The maximum atomic E-state index is 5.84. The summed E-state index contributed by atoms with van der Waals surface area (Å²) in [6.07, 6.45) is 2.68. The molecule has 0 atom stereocenters. The monoisotopic (exact) mass is 528 g/mol. The molecule has 0 spiro atoms. The first kappa shape index (κ1) is 26.1. The number of nitrogens with one attached hydrogen (secondary N) is 2. The Balaban J connectivity index is 0.00000450. The van der Waals surface area contributed by atoms with Gasteiger partial charge in [0, 0.05) is 33.0 Å². The van der Waals surface area contributed by atoms with Crippen molar-refractivity contribution < 1.29 is 14.2 Å². The Morgan fingerprint density at radius 3 is 2.73 bits per heavy atom. The molecule has 0 amide bonds. The maximum absolute atomic E-state index is 5.84. The van der Waals surface area contributed by atoms with Crippen LogP contribution in [0.15, 0.2) is 53.7 Å². The molecule has 0 aliphatic carbocycles. The first-order valence-corrected chi connectivity index (χ1v) is 10.0. The molecule has 2 aromatic rings. The first-order valence-electron chi connectivity index (χ1n) is 10.0. The number of halogens is 1. The minimum atomic E-state index is 0. The number of rotatable bonds is 13. The van der Waals surface area contributed by atoms with E-state index in [0.29, 0.717) is 33.0 Å². The standard InChI is InChI=1S/C22H32N4O3.HI/c1-3-23-22(25-12-7-13-28-15-14-27-2)26-17-19-8-6-10-21(16-19)29-18-20-9-4-5-11-24-20;/h4-6,8-11,16H,3,7,12-15,17-18H2,1-2H3,(H2,23,25,26);1H. The van der Waals surface area contributed by atoms with Crippen LogP contribution in [0.4, 0.5) is 0 Å². The van der Waals surface area contributed by atoms with Gasteiger partial charge in [0.05, 0.1) is 25.5 Å². The molecule has 8 heteroatoms. The summed E-state index contributed by atoms with van der Waals surface area (Å²) in [5.74, 6) is 1.61. The molecular weight excluding hydrogens is 495 g/mol. The maximum Gasteiger partial charge on any atom is 0.191 e. The summed E-state index contributed by atoms with van der Waals surface area (Å²) in [6, 6.07) is 13.8. The van der Waals surface area contributed by atoms with Gasteiger partial charge in [0.1, 0.15) is 12.4 Å². The van der Waals surface area contributed by atoms with Gasteiger partial charge in [-0.25, -0.2) is 4.99 Å². The number of guanidine groups is 1. The topological polar surface area (TPSA) is 77.0 Å². The number of hydrogen-bond donors (Lipinski definition) is 2. The van der Waals surface area contributed by atoms with E-state index in [1.165, 1.54) is 0 Å². The summed E-state index contributed by atoms with van der Waals surface area (Å²) in [4.78, 5) is 8.93. The summed E-state index contributed by atoms with van der Waals surface area (Å²) in [6.45, 7) is 6.63. The van der Waals surface area contributed by atoms with Gasteiger partial charge < -0.3 is 24.8 Å². The predicted octanol–water partition coefficient (Wildman–Crippen LogP) is 3.39. The van der Waals surface area contributed by atoms with E-state index in [2.05, 4.69) is 27.5 Å². The van der Waals surface area contributed by atoms with Crippen molar-refractivity contribution in [2.45, 2.75) is 26.5 Å². The fraction of sp³-hybridized carbons (Fsp3) is 0.455. The normalized spacial score (nSPS) is 10.9. The van der Waals surface area contributed by atoms with Gasteiger partial charge in [-0.05, 0) is 43.2 Å². The minimum Gasteiger partial charge on any atom is -0.487 e. The molecule has 2 N–H and O–H groups in total. The van der Waals surface area contributed by atoms with Gasteiger partial charge in [0.2, 0.25) is 0 Å². The Bertz CT molecular complexity index is 717. The number of aliphatic imine (C=N–C) groups is 1. The van der Waals surface area contributed by atoms with Crippen molar-refractivity contribution in [3.63, 3.8) is 0 Å². The largest absolute Gasteiger partial charge is 0.487 e. The van der Waals surface area contributed by atoms with Gasteiger partial charge in [0.15, 0.2) is 5.96 Å². The average molecular weight is 528 g/mol. The number of methoxy groups -OCH3 is 1. The van der Waals surface area contributed by atoms with Crippen molar-refractivity contribution in [1.82, 2.24) is 15.6 Å².